The molecule has 36 heavy (non-hydrogen) atoms. The Morgan fingerprint density at radius 3 is 2.42 bits per heavy atom. The summed E-state index contributed by atoms with van der Waals surface area (Å²) in [6.45, 7) is 21.5. The second kappa shape index (κ2) is 13.3. The summed E-state index contributed by atoms with van der Waals surface area (Å²) < 4.78 is 0. The van der Waals surface area contributed by atoms with Gasteiger partial charge in [0.1, 0.15) is 6.29 Å². The Morgan fingerprint density at radius 2 is 1.86 bits per heavy atom. The molecule has 0 bridgehead atoms. The molecule has 1 aromatic heterocycles. The topological polar surface area (TPSA) is 45.6 Å². The predicted octanol–water partition coefficient (Wildman–Crippen LogP) is 8.00. The summed E-state index contributed by atoms with van der Waals surface area (Å²) in [6.07, 6.45) is 9.87. The second-order valence-corrected chi connectivity index (χ2v) is 9.65. The van der Waals surface area contributed by atoms with Gasteiger partial charge < -0.3 is 9.69 Å². The van der Waals surface area contributed by atoms with Gasteiger partial charge in [0.2, 0.25) is 0 Å². The molecule has 0 radical (unpaired) electrons. The van der Waals surface area contributed by atoms with E-state index in [9.17, 15) is 4.79 Å². The molecule has 1 aromatic carbocycles. The first-order chi connectivity index (χ1) is 17.2. The van der Waals surface area contributed by atoms with Gasteiger partial charge in [-0.05, 0) is 81.0 Å². The average molecular weight is 488 g/mol. The Hall–Kier alpha value is -3.01. The molecule has 0 saturated heterocycles. The highest BCUT2D eigenvalue weighted by molar-refractivity contribution is 6.02. The molecule has 1 aliphatic rings. The van der Waals surface area contributed by atoms with E-state index in [1.807, 2.05) is 26.1 Å². The molecular formula is C32H45N3O. The van der Waals surface area contributed by atoms with Gasteiger partial charge in [-0.3, -0.25) is 4.99 Å². The summed E-state index contributed by atoms with van der Waals surface area (Å²) in [5, 5.41) is 1.15. The molecule has 0 fully saturated rings. The summed E-state index contributed by atoms with van der Waals surface area (Å²) in [4.78, 5) is 24.2. The minimum atomic E-state index is -0.156. The van der Waals surface area contributed by atoms with Crippen molar-refractivity contribution < 1.29 is 4.79 Å². The second-order valence-electron chi connectivity index (χ2n) is 9.65. The number of aryl methyl sites for hydroxylation is 2. The molecule has 0 amide bonds. The summed E-state index contributed by atoms with van der Waals surface area (Å²) in [5.74, 6) is -0.156. The van der Waals surface area contributed by atoms with Crippen molar-refractivity contribution in [3.8, 4) is 0 Å². The Bertz CT molecular complexity index is 1180. The summed E-state index contributed by atoms with van der Waals surface area (Å²) in [6, 6.07) is 4.64. The van der Waals surface area contributed by atoms with Crippen LogP contribution in [0.25, 0.3) is 16.6 Å². The highest BCUT2D eigenvalue weighted by Crippen LogP contribution is 2.38. The van der Waals surface area contributed by atoms with Crippen molar-refractivity contribution >= 4 is 29.1 Å². The molecule has 4 heteroatoms. The summed E-state index contributed by atoms with van der Waals surface area (Å²) in [5.41, 5.74) is 10.1. The molecule has 194 valence electrons. The Balaban J connectivity index is 0.00000222. The van der Waals surface area contributed by atoms with Crippen LogP contribution in [0.15, 0.2) is 47.0 Å². The first-order valence-corrected chi connectivity index (χ1v) is 13.5. The number of aliphatic imine (C=N–C) groups is 1. The molecule has 0 saturated carbocycles. The lowest BCUT2D eigenvalue weighted by atomic mass is 9.89. The van der Waals surface area contributed by atoms with Crippen LogP contribution < -0.4 is 0 Å². The van der Waals surface area contributed by atoms with Crippen molar-refractivity contribution in [2.24, 2.45) is 10.9 Å². The number of carbonyl (C=O) groups is 1. The third kappa shape index (κ3) is 6.21. The van der Waals surface area contributed by atoms with E-state index in [2.05, 4.69) is 78.3 Å². The summed E-state index contributed by atoms with van der Waals surface area (Å²) in [7, 11) is 2.10. The van der Waals surface area contributed by atoms with Crippen LogP contribution in [0.1, 0.15) is 88.8 Å². The van der Waals surface area contributed by atoms with Crippen molar-refractivity contribution in [3.63, 3.8) is 0 Å². The molecule has 1 unspecified atom stereocenters. The Kier molecular flexibility index (Phi) is 10.8. The van der Waals surface area contributed by atoms with Crippen LogP contribution in [-0.4, -0.2) is 35.5 Å². The first kappa shape index (κ1) is 29.2. The van der Waals surface area contributed by atoms with Crippen LogP contribution in [0.2, 0.25) is 0 Å². The van der Waals surface area contributed by atoms with Gasteiger partial charge in [-0.2, -0.15) is 0 Å². The van der Waals surface area contributed by atoms with Crippen molar-refractivity contribution in [3.05, 3.63) is 70.0 Å². The van der Waals surface area contributed by atoms with Gasteiger partial charge in [0.05, 0.1) is 16.9 Å². The number of aldehydes is 1. The number of nitrogens with zero attached hydrogens (tertiary/aromatic N) is 3. The molecule has 0 spiro atoms. The van der Waals surface area contributed by atoms with E-state index < -0.39 is 0 Å². The van der Waals surface area contributed by atoms with E-state index in [4.69, 9.17) is 9.98 Å². The lowest BCUT2D eigenvalue weighted by Gasteiger charge is -2.18. The number of pyridine rings is 1. The average Bonchev–Trinajstić information content (AvgIpc) is 3.17. The maximum absolute atomic E-state index is 12.0. The minimum Gasteiger partial charge on any atom is -0.368 e. The number of hydrogen-bond donors (Lipinski definition) is 0. The van der Waals surface area contributed by atoms with Crippen molar-refractivity contribution in [1.82, 2.24) is 9.88 Å². The number of carbonyl (C=O) groups excluding carboxylic acids is 1. The van der Waals surface area contributed by atoms with Gasteiger partial charge in [-0.1, -0.05) is 46.8 Å². The standard InChI is InChI=1S/C30H39N3O.C2H6/c1-9-12-22(10-2)24(23(11-3)18-34)15-29-30-27(17-33(29)8)26(16-31-19(4)5)25-13-20(6)21(7)14-28(25)32-30;1-2/h10,13-16,18-19,23H,2,9,11-12,17H2,1,3-8H3;1-2H3/b24-22-,29-15-,31-16?;. The molecule has 0 N–H and O–H groups in total. The van der Waals surface area contributed by atoms with Crippen molar-refractivity contribution in [2.75, 3.05) is 7.05 Å². The zero-order valence-electron chi connectivity index (χ0n) is 23.9. The monoisotopic (exact) mass is 487 g/mol. The SMILES string of the molecule is C=C/C(CCC)=C(\C=C1\c2nc3cc(C)c(C)cc3c(C=NC(C)C)c2CN1C)C(C=O)CC.CC. The Morgan fingerprint density at radius 1 is 1.19 bits per heavy atom. The fourth-order valence-electron chi connectivity index (χ4n) is 4.62. The first-order valence-electron chi connectivity index (χ1n) is 13.5. The normalized spacial score (nSPS) is 15.7. The Labute approximate surface area is 218 Å². The van der Waals surface area contributed by atoms with Crippen LogP contribution in [0.4, 0.5) is 0 Å². The van der Waals surface area contributed by atoms with Crippen molar-refractivity contribution in [2.45, 2.75) is 87.2 Å². The van der Waals surface area contributed by atoms with Gasteiger partial charge >= 0.3 is 0 Å². The van der Waals surface area contributed by atoms with E-state index >= 15 is 0 Å². The lowest BCUT2D eigenvalue weighted by Crippen LogP contribution is -2.11. The van der Waals surface area contributed by atoms with E-state index in [1.165, 1.54) is 16.7 Å². The number of aromatic nitrogens is 1. The van der Waals surface area contributed by atoms with Crippen LogP contribution in [-0.2, 0) is 11.3 Å². The largest absolute Gasteiger partial charge is 0.368 e. The van der Waals surface area contributed by atoms with Gasteiger partial charge in [0, 0.05) is 48.3 Å². The number of fused-ring (bicyclic) bond motifs is 2. The fourth-order valence-corrected chi connectivity index (χ4v) is 4.62. The molecule has 4 nitrogen and oxygen atoms in total. The highest BCUT2D eigenvalue weighted by atomic mass is 16.1. The van der Waals surface area contributed by atoms with Crippen molar-refractivity contribution in [1.29, 1.82) is 0 Å². The maximum Gasteiger partial charge on any atom is 0.127 e. The fraction of sp³-hybridized carbons (Fsp3) is 0.469. The number of allylic oxidation sites excluding steroid dienone is 4. The van der Waals surface area contributed by atoms with Gasteiger partial charge in [0.25, 0.3) is 0 Å². The minimum absolute atomic E-state index is 0.156. The number of rotatable bonds is 9. The van der Waals surface area contributed by atoms with E-state index in [-0.39, 0.29) is 12.0 Å². The molecule has 2 aromatic rings. The zero-order valence-corrected chi connectivity index (χ0v) is 23.9. The summed E-state index contributed by atoms with van der Waals surface area (Å²) >= 11 is 0. The van der Waals surface area contributed by atoms with Crippen LogP contribution in [0, 0.1) is 19.8 Å². The molecule has 0 aliphatic carbocycles. The molecule has 3 rings (SSSR count). The lowest BCUT2D eigenvalue weighted by molar-refractivity contribution is -0.110. The smallest absolute Gasteiger partial charge is 0.127 e. The molecule has 1 aliphatic heterocycles. The van der Waals surface area contributed by atoms with Crippen LogP contribution >= 0.6 is 0 Å². The van der Waals surface area contributed by atoms with Gasteiger partial charge in [-0.15, -0.1) is 0 Å². The van der Waals surface area contributed by atoms with Gasteiger partial charge in [-0.25, -0.2) is 4.98 Å². The predicted molar refractivity (Wildman–Crippen MR) is 157 cm³/mol. The van der Waals surface area contributed by atoms with E-state index in [1.54, 1.807) is 0 Å². The van der Waals surface area contributed by atoms with Gasteiger partial charge in [0.15, 0.2) is 0 Å². The molecule has 1 atom stereocenters. The quantitative estimate of drug-likeness (QED) is 0.204. The van der Waals surface area contributed by atoms with Crippen LogP contribution in [0.5, 0.6) is 0 Å². The third-order valence-corrected chi connectivity index (χ3v) is 6.73. The maximum atomic E-state index is 12.0. The highest BCUT2D eigenvalue weighted by Gasteiger charge is 2.28. The number of benzene rings is 1. The van der Waals surface area contributed by atoms with E-state index in [0.717, 1.165) is 71.1 Å². The molecular weight excluding hydrogens is 442 g/mol. The van der Waals surface area contributed by atoms with Crippen LogP contribution in [0.3, 0.4) is 0 Å². The zero-order chi connectivity index (χ0) is 27.0. The molecule has 2 heterocycles. The number of hydrogen-bond acceptors (Lipinski definition) is 4. The van der Waals surface area contributed by atoms with E-state index in [0.29, 0.717) is 0 Å². The third-order valence-electron chi connectivity index (χ3n) is 6.73.